The van der Waals surface area contributed by atoms with E-state index in [1.807, 2.05) is 4.90 Å². The quantitative estimate of drug-likeness (QED) is 0.287. The van der Waals surface area contributed by atoms with Gasteiger partial charge in [0.2, 0.25) is 0 Å². The van der Waals surface area contributed by atoms with Gasteiger partial charge in [-0.25, -0.2) is 9.37 Å². The van der Waals surface area contributed by atoms with Crippen LogP contribution in [0.3, 0.4) is 0 Å². The number of thiocarbonyl (C=S) groups is 1. The second kappa shape index (κ2) is 10.1. The fraction of sp³-hybridized carbons (Fsp3) is 0.227. The number of carbonyl (C=O) groups is 1. The Labute approximate surface area is 203 Å². The lowest BCUT2D eigenvalue weighted by Gasteiger charge is -2.17. The molecule has 1 aromatic heterocycles. The number of carbonyl (C=O) groups excluding carboxylic acids is 1. The molecule has 0 atom stereocenters. The maximum absolute atomic E-state index is 14.0. The first-order valence-corrected chi connectivity index (χ1v) is 11.6. The van der Waals surface area contributed by atoms with Crippen molar-refractivity contribution in [2.24, 2.45) is 0 Å². The molecule has 1 saturated heterocycles. The predicted octanol–water partition coefficient (Wildman–Crippen LogP) is 4.59. The molecule has 4 rings (SSSR count). The summed E-state index contributed by atoms with van der Waals surface area (Å²) >= 11 is 6.42. The van der Waals surface area contributed by atoms with E-state index in [0.29, 0.717) is 22.1 Å². The summed E-state index contributed by atoms with van der Waals surface area (Å²) in [6.45, 7) is 1.50. The van der Waals surface area contributed by atoms with Crippen molar-refractivity contribution in [1.82, 2.24) is 10.3 Å². The number of methoxy groups -OCH3 is 1. The maximum Gasteiger partial charge on any atom is 0.293 e. The van der Waals surface area contributed by atoms with Gasteiger partial charge in [0.1, 0.15) is 5.69 Å². The molecule has 1 fully saturated rings. The highest BCUT2D eigenvalue weighted by Gasteiger charge is 2.24. The largest absolute Gasteiger partial charge is 0.494 e. The van der Waals surface area contributed by atoms with E-state index in [-0.39, 0.29) is 22.1 Å². The van der Waals surface area contributed by atoms with Crippen LogP contribution in [0.1, 0.15) is 23.2 Å². The van der Waals surface area contributed by atoms with E-state index in [0.717, 1.165) is 25.9 Å². The zero-order valence-electron chi connectivity index (χ0n) is 18.0. The summed E-state index contributed by atoms with van der Waals surface area (Å²) in [6, 6.07) is 8.89. The fourth-order valence-corrected chi connectivity index (χ4v) is 4.61. The lowest BCUT2D eigenvalue weighted by atomic mass is 10.1. The van der Waals surface area contributed by atoms with Crippen LogP contribution in [-0.2, 0) is 0 Å². The summed E-state index contributed by atoms with van der Waals surface area (Å²) in [7, 11) is 1.39. The van der Waals surface area contributed by atoms with E-state index < -0.39 is 16.6 Å². The molecule has 1 aliphatic heterocycles. The number of nitro benzene ring substituents is 1. The number of thiazole rings is 1. The van der Waals surface area contributed by atoms with Crippen molar-refractivity contribution in [3.8, 4) is 17.0 Å². The van der Waals surface area contributed by atoms with E-state index in [2.05, 4.69) is 15.6 Å². The van der Waals surface area contributed by atoms with Gasteiger partial charge in [0.15, 0.2) is 21.8 Å². The number of anilines is 2. The van der Waals surface area contributed by atoms with Crippen molar-refractivity contribution in [1.29, 1.82) is 0 Å². The van der Waals surface area contributed by atoms with Gasteiger partial charge in [-0.05, 0) is 55.4 Å². The first kappa shape index (κ1) is 23.5. The van der Waals surface area contributed by atoms with Gasteiger partial charge in [0, 0.05) is 35.7 Å². The van der Waals surface area contributed by atoms with Gasteiger partial charge in [-0.2, -0.15) is 0 Å². The van der Waals surface area contributed by atoms with Gasteiger partial charge in [-0.15, -0.1) is 11.3 Å². The molecule has 12 heteroatoms. The van der Waals surface area contributed by atoms with Crippen molar-refractivity contribution >= 4 is 51.1 Å². The number of ether oxygens (including phenoxy) is 1. The lowest BCUT2D eigenvalue weighted by Crippen LogP contribution is -2.34. The van der Waals surface area contributed by atoms with Crippen molar-refractivity contribution in [2.45, 2.75) is 12.8 Å². The Bertz CT molecular complexity index is 1260. The van der Waals surface area contributed by atoms with Crippen molar-refractivity contribution in [2.75, 3.05) is 30.4 Å². The number of hydrogen-bond acceptors (Lipinski definition) is 8. The predicted molar refractivity (Wildman–Crippen MR) is 132 cm³/mol. The number of benzene rings is 2. The summed E-state index contributed by atoms with van der Waals surface area (Å²) in [5.41, 5.74) is 1.58. The molecule has 0 saturated carbocycles. The normalized spacial score (nSPS) is 12.9. The van der Waals surface area contributed by atoms with Crippen LogP contribution in [-0.4, -0.2) is 41.1 Å². The number of nitrogens with one attached hydrogen (secondary N) is 2. The third-order valence-corrected chi connectivity index (χ3v) is 6.24. The average molecular weight is 502 g/mol. The second-order valence-corrected chi connectivity index (χ2v) is 8.72. The minimum absolute atomic E-state index is 0.0157. The van der Waals surface area contributed by atoms with Crippen LogP contribution in [0.25, 0.3) is 11.3 Å². The molecule has 9 nitrogen and oxygen atoms in total. The van der Waals surface area contributed by atoms with Crippen LogP contribution in [0.5, 0.6) is 5.75 Å². The Kier molecular flexibility index (Phi) is 6.98. The van der Waals surface area contributed by atoms with Crippen LogP contribution in [0.2, 0.25) is 0 Å². The van der Waals surface area contributed by atoms with Gasteiger partial charge >= 0.3 is 0 Å². The monoisotopic (exact) mass is 501 g/mol. The standard InChI is InChI=1S/C22H20FN5O4S2/c1-32-19-7-5-13(10-15(19)23)16-12-34-22(24-16)26-21(33)25-20(29)14-4-6-17(18(11-14)28(30)31)27-8-2-3-9-27/h4-7,10-12H,2-3,8-9H2,1H3,(H2,24,25,26,29,33). The first-order chi connectivity index (χ1) is 16.4. The molecule has 3 aromatic rings. The number of halogens is 1. The molecule has 0 aliphatic carbocycles. The van der Waals surface area contributed by atoms with E-state index in [4.69, 9.17) is 17.0 Å². The smallest absolute Gasteiger partial charge is 0.293 e. The van der Waals surface area contributed by atoms with Gasteiger partial charge < -0.3 is 15.0 Å². The molecule has 2 aromatic carbocycles. The number of rotatable bonds is 6. The number of nitrogens with zero attached hydrogens (tertiary/aromatic N) is 3. The highest BCUT2D eigenvalue weighted by atomic mass is 32.1. The van der Waals surface area contributed by atoms with E-state index >= 15 is 0 Å². The first-order valence-electron chi connectivity index (χ1n) is 10.3. The van der Waals surface area contributed by atoms with Crippen molar-refractivity contribution < 1.29 is 18.8 Å². The molecule has 0 unspecified atom stereocenters. The third-order valence-electron chi connectivity index (χ3n) is 5.28. The SMILES string of the molecule is COc1ccc(-c2csc(NC(=S)NC(=O)c3ccc(N4CCCC4)c([N+](=O)[O-])c3)n2)cc1F. The molecule has 0 radical (unpaired) electrons. The molecular weight excluding hydrogens is 481 g/mol. The molecule has 0 spiro atoms. The van der Waals surface area contributed by atoms with Gasteiger partial charge in [-0.3, -0.25) is 20.2 Å². The highest BCUT2D eigenvalue weighted by Crippen LogP contribution is 2.32. The van der Waals surface area contributed by atoms with Gasteiger partial charge in [0.25, 0.3) is 11.6 Å². The molecular formula is C22H20FN5O4S2. The molecule has 2 heterocycles. The van der Waals surface area contributed by atoms with Crippen LogP contribution in [0.4, 0.5) is 20.9 Å². The topological polar surface area (TPSA) is 110 Å². The zero-order valence-corrected chi connectivity index (χ0v) is 19.7. The summed E-state index contributed by atoms with van der Waals surface area (Å²) in [6.07, 6.45) is 1.95. The van der Waals surface area contributed by atoms with Crippen LogP contribution < -0.4 is 20.3 Å². The molecule has 34 heavy (non-hydrogen) atoms. The Hall–Kier alpha value is -3.64. The molecule has 2 N–H and O–H groups in total. The second-order valence-electron chi connectivity index (χ2n) is 7.45. The molecule has 0 bridgehead atoms. The van der Waals surface area contributed by atoms with Crippen molar-refractivity contribution in [3.63, 3.8) is 0 Å². The van der Waals surface area contributed by atoms with Crippen molar-refractivity contribution in [3.05, 3.63) is 63.3 Å². The summed E-state index contributed by atoms with van der Waals surface area (Å²) in [4.78, 5) is 30.0. The minimum atomic E-state index is -0.581. The number of aromatic nitrogens is 1. The van der Waals surface area contributed by atoms with Gasteiger partial charge in [0.05, 0.1) is 17.7 Å². The Morgan fingerprint density at radius 1 is 1.26 bits per heavy atom. The molecule has 1 aliphatic rings. The molecule has 1 amide bonds. The summed E-state index contributed by atoms with van der Waals surface area (Å²) in [5.74, 6) is -0.951. The summed E-state index contributed by atoms with van der Waals surface area (Å²) < 4.78 is 18.9. The zero-order chi connectivity index (χ0) is 24.2. The van der Waals surface area contributed by atoms with E-state index in [1.54, 1.807) is 23.6 Å². The molecule has 176 valence electrons. The van der Waals surface area contributed by atoms with E-state index in [1.165, 1.54) is 36.6 Å². The Balaban J connectivity index is 1.42. The van der Waals surface area contributed by atoms with Crippen LogP contribution >= 0.6 is 23.6 Å². The Morgan fingerprint density at radius 3 is 2.71 bits per heavy atom. The average Bonchev–Trinajstić information content (AvgIpc) is 3.51. The lowest BCUT2D eigenvalue weighted by molar-refractivity contribution is -0.384. The van der Waals surface area contributed by atoms with Gasteiger partial charge in [-0.1, -0.05) is 0 Å². The fourth-order valence-electron chi connectivity index (χ4n) is 3.63. The third kappa shape index (κ3) is 5.13. The minimum Gasteiger partial charge on any atom is -0.494 e. The number of nitro groups is 1. The van der Waals surface area contributed by atoms with Crippen LogP contribution in [0, 0.1) is 15.9 Å². The van der Waals surface area contributed by atoms with Crippen LogP contribution in [0.15, 0.2) is 41.8 Å². The highest BCUT2D eigenvalue weighted by molar-refractivity contribution is 7.80. The summed E-state index contributed by atoms with van der Waals surface area (Å²) in [5, 5.41) is 19.0. The Morgan fingerprint density at radius 2 is 2.03 bits per heavy atom. The van der Waals surface area contributed by atoms with E-state index in [9.17, 15) is 19.3 Å². The maximum atomic E-state index is 14.0. The number of amides is 1. The number of hydrogen-bond donors (Lipinski definition) is 2.